The van der Waals surface area contributed by atoms with Gasteiger partial charge in [0.1, 0.15) is 12.1 Å². The molecule has 0 aliphatic carbocycles. The highest BCUT2D eigenvalue weighted by Crippen LogP contribution is 2.32. The summed E-state index contributed by atoms with van der Waals surface area (Å²) >= 11 is 5.95. The maximum atomic E-state index is 8.53. The van der Waals surface area contributed by atoms with E-state index < -0.39 is 0 Å². The molecule has 17 heavy (non-hydrogen) atoms. The zero-order chi connectivity index (χ0) is 12.7. The summed E-state index contributed by atoms with van der Waals surface area (Å²) < 4.78 is 5.34. The Balaban J connectivity index is 3.00. The van der Waals surface area contributed by atoms with E-state index in [2.05, 4.69) is 10.5 Å². The molecule has 0 saturated carbocycles. The first kappa shape index (κ1) is 12.8. The van der Waals surface area contributed by atoms with Gasteiger partial charge in [0.05, 0.1) is 17.3 Å². The molecule has 1 rings (SSSR count). The van der Waals surface area contributed by atoms with Crippen LogP contribution in [-0.4, -0.2) is 12.3 Å². The Kier molecular flexibility index (Phi) is 4.80. The molecule has 0 aromatic heterocycles. The normalized spacial score (nSPS) is 8.71. The predicted molar refractivity (Wildman–Crippen MR) is 64.9 cm³/mol. The molecule has 1 aromatic carbocycles. The van der Waals surface area contributed by atoms with E-state index >= 15 is 0 Å². The minimum Gasteiger partial charge on any atom is -0.490 e. The van der Waals surface area contributed by atoms with E-state index in [0.29, 0.717) is 23.1 Å². The number of benzene rings is 1. The number of para-hydroxylation sites is 1. The number of hydrogen-bond donors (Lipinski definition) is 1. The van der Waals surface area contributed by atoms with Gasteiger partial charge >= 0.3 is 0 Å². The third-order valence-electron chi connectivity index (χ3n) is 1.76. The van der Waals surface area contributed by atoms with Crippen LogP contribution in [-0.2, 0) is 0 Å². The fourth-order valence-electron chi connectivity index (χ4n) is 1.08. The number of hydrazone groups is 1. The van der Waals surface area contributed by atoms with E-state index in [9.17, 15) is 0 Å². The zero-order valence-corrected chi connectivity index (χ0v) is 9.82. The monoisotopic (exact) mass is 248 g/mol. The first-order chi connectivity index (χ1) is 8.22. The summed E-state index contributed by atoms with van der Waals surface area (Å²) in [4.78, 5) is 0. The fourth-order valence-corrected chi connectivity index (χ4v) is 1.31. The van der Waals surface area contributed by atoms with E-state index in [1.165, 1.54) is 0 Å². The molecule has 0 unspecified atom stereocenters. The Morgan fingerprint density at radius 2 is 2.18 bits per heavy atom. The summed E-state index contributed by atoms with van der Waals surface area (Å²) in [6, 6.07) is 8.36. The molecule has 0 aliphatic heterocycles. The number of nitrogens with zero attached hydrogens (tertiary/aromatic N) is 3. The molecule has 1 aromatic rings. The van der Waals surface area contributed by atoms with Crippen LogP contribution in [0.1, 0.15) is 6.92 Å². The second kappa shape index (κ2) is 6.37. The quantitative estimate of drug-likeness (QED) is 0.656. The van der Waals surface area contributed by atoms with Crippen molar-refractivity contribution in [3.8, 4) is 17.9 Å². The van der Waals surface area contributed by atoms with Crippen LogP contribution >= 0.6 is 11.6 Å². The summed E-state index contributed by atoms with van der Waals surface area (Å²) in [6.45, 7) is 2.28. The number of hydrogen-bond acceptors (Lipinski definition) is 5. The van der Waals surface area contributed by atoms with E-state index in [0.717, 1.165) is 0 Å². The summed E-state index contributed by atoms with van der Waals surface area (Å²) in [7, 11) is 0. The second-order valence-electron chi connectivity index (χ2n) is 2.85. The lowest BCUT2D eigenvalue weighted by atomic mass is 10.3. The number of rotatable bonds is 4. The van der Waals surface area contributed by atoms with Crippen molar-refractivity contribution in [1.29, 1.82) is 10.5 Å². The molecule has 86 valence electrons. The van der Waals surface area contributed by atoms with Gasteiger partial charge in [-0.15, -0.1) is 0 Å². The van der Waals surface area contributed by atoms with Gasteiger partial charge in [0.2, 0.25) is 5.71 Å². The SMILES string of the molecule is CCOc1c(Cl)cccc1NN=C(C#N)C#N. The minimum atomic E-state index is -0.271. The Bertz CT molecular complexity index is 497. The predicted octanol–water partition coefficient (Wildman–Crippen LogP) is 2.55. The molecule has 0 heterocycles. The number of nitrogens with one attached hydrogen (secondary N) is 1. The van der Waals surface area contributed by atoms with Gasteiger partial charge in [-0.05, 0) is 19.1 Å². The molecule has 0 radical (unpaired) electrons. The average molecular weight is 249 g/mol. The molecule has 0 amide bonds. The van der Waals surface area contributed by atoms with Crippen LogP contribution in [0.25, 0.3) is 0 Å². The number of nitriles is 2. The van der Waals surface area contributed by atoms with Crippen LogP contribution in [0, 0.1) is 22.7 Å². The van der Waals surface area contributed by atoms with Crippen LogP contribution in [0.4, 0.5) is 5.69 Å². The topological polar surface area (TPSA) is 81.2 Å². The summed E-state index contributed by atoms with van der Waals surface area (Å²) in [6.07, 6.45) is 0. The Labute approximate surface area is 104 Å². The lowest BCUT2D eigenvalue weighted by molar-refractivity contribution is 0.342. The Morgan fingerprint density at radius 1 is 1.47 bits per heavy atom. The van der Waals surface area contributed by atoms with Gasteiger partial charge in [-0.2, -0.15) is 15.6 Å². The highest BCUT2D eigenvalue weighted by molar-refractivity contribution is 6.32. The van der Waals surface area contributed by atoms with Gasteiger partial charge in [0.15, 0.2) is 5.75 Å². The second-order valence-corrected chi connectivity index (χ2v) is 3.25. The minimum absolute atomic E-state index is 0.271. The van der Waals surface area contributed by atoms with Crippen molar-refractivity contribution in [3.63, 3.8) is 0 Å². The van der Waals surface area contributed by atoms with Crippen molar-refractivity contribution in [2.24, 2.45) is 5.10 Å². The molecule has 6 heteroatoms. The molecule has 0 fully saturated rings. The van der Waals surface area contributed by atoms with Gasteiger partial charge in [-0.25, -0.2) is 0 Å². The largest absolute Gasteiger partial charge is 0.490 e. The summed E-state index contributed by atoms with van der Waals surface area (Å²) in [5.74, 6) is 0.440. The Hall–Kier alpha value is -2.24. The van der Waals surface area contributed by atoms with E-state index in [-0.39, 0.29) is 5.71 Å². The molecule has 0 bridgehead atoms. The molecule has 0 aliphatic rings. The standard InChI is InChI=1S/C11H9ClN4O/c1-2-17-11-9(12)4-3-5-10(11)16-15-8(6-13)7-14/h3-5,16H,2H2,1H3. The third kappa shape index (κ3) is 3.37. The van der Waals surface area contributed by atoms with Crippen LogP contribution in [0.2, 0.25) is 5.02 Å². The van der Waals surface area contributed by atoms with Gasteiger partial charge in [0, 0.05) is 0 Å². The lowest BCUT2D eigenvalue weighted by Gasteiger charge is -2.10. The first-order valence-corrected chi connectivity index (χ1v) is 5.16. The fraction of sp³-hybridized carbons (Fsp3) is 0.182. The van der Waals surface area contributed by atoms with Crippen molar-refractivity contribution in [2.45, 2.75) is 6.92 Å². The van der Waals surface area contributed by atoms with Crippen molar-refractivity contribution < 1.29 is 4.74 Å². The highest BCUT2D eigenvalue weighted by Gasteiger charge is 2.07. The first-order valence-electron chi connectivity index (χ1n) is 4.78. The zero-order valence-electron chi connectivity index (χ0n) is 9.07. The molecule has 1 N–H and O–H groups in total. The van der Waals surface area contributed by atoms with E-state index in [1.807, 2.05) is 6.92 Å². The average Bonchev–Trinajstić information content (AvgIpc) is 2.34. The molecule has 0 spiro atoms. The number of anilines is 1. The summed E-state index contributed by atoms with van der Waals surface area (Å²) in [5, 5.41) is 21.1. The molecular formula is C11H9ClN4O. The van der Waals surface area contributed by atoms with Crippen molar-refractivity contribution in [1.82, 2.24) is 0 Å². The van der Waals surface area contributed by atoms with Crippen LogP contribution < -0.4 is 10.2 Å². The number of halogens is 1. The third-order valence-corrected chi connectivity index (χ3v) is 2.05. The molecule has 0 saturated heterocycles. The van der Waals surface area contributed by atoms with Crippen LogP contribution in [0.5, 0.6) is 5.75 Å². The van der Waals surface area contributed by atoms with E-state index in [1.54, 1.807) is 30.3 Å². The Morgan fingerprint density at radius 3 is 2.76 bits per heavy atom. The maximum Gasteiger partial charge on any atom is 0.237 e. The van der Waals surface area contributed by atoms with Gasteiger partial charge in [-0.1, -0.05) is 17.7 Å². The van der Waals surface area contributed by atoms with Crippen molar-refractivity contribution in [3.05, 3.63) is 23.2 Å². The highest BCUT2D eigenvalue weighted by atomic mass is 35.5. The van der Waals surface area contributed by atoms with Crippen molar-refractivity contribution >= 4 is 23.0 Å². The number of ether oxygens (including phenoxy) is 1. The summed E-state index contributed by atoms with van der Waals surface area (Å²) in [5.41, 5.74) is 2.81. The van der Waals surface area contributed by atoms with Gasteiger partial charge in [-0.3, -0.25) is 5.43 Å². The lowest BCUT2D eigenvalue weighted by Crippen LogP contribution is -2.00. The van der Waals surface area contributed by atoms with Crippen LogP contribution in [0.3, 0.4) is 0 Å². The van der Waals surface area contributed by atoms with Gasteiger partial charge < -0.3 is 4.74 Å². The molecule has 5 nitrogen and oxygen atoms in total. The van der Waals surface area contributed by atoms with Crippen LogP contribution in [0.15, 0.2) is 23.3 Å². The molecule has 0 atom stereocenters. The smallest absolute Gasteiger partial charge is 0.237 e. The maximum absolute atomic E-state index is 8.53. The van der Waals surface area contributed by atoms with Gasteiger partial charge in [0.25, 0.3) is 0 Å². The molecular weight excluding hydrogens is 240 g/mol. The van der Waals surface area contributed by atoms with Crippen molar-refractivity contribution in [2.75, 3.05) is 12.0 Å². The van der Waals surface area contributed by atoms with E-state index in [4.69, 9.17) is 26.9 Å².